The minimum Gasteiger partial charge on any atom is -0.496 e. The second kappa shape index (κ2) is 9.54. The van der Waals surface area contributed by atoms with Crippen molar-refractivity contribution in [2.24, 2.45) is 0 Å². The number of nitrogens with zero attached hydrogens (tertiary/aromatic N) is 1. The fraction of sp³-hybridized carbons (Fsp3) is 0.450. The van der Waals surface area contributed by atoms with Crippen molar-refractivity contribution in [3.8, 4) is 5.75 Å². The molecule has 0 radical (unpaired) electrons. The van der Waals surface area contributed by atoms with Crippen molar-refractivity contribution < 1.29 is 17.9 Å². The van der Waals surface area contributed by atoms with E-state index >= 15 is 0 Å². The number of hydrogen-bond donors (Lipinski definition) is 1. The molecule has 2 aromatic rings. The number of piperidine rings is 1. The summed E-state index contributed by atoms with van der Waals surface area (Å²) in [5, 5.41) is 4.68. The molecule has 6 nitrogen and oxygen atoms in total. The summed E-state index contributed by atoms with van der Waals surface area (Å²) in [6.07, 6.45) is 3.34. The predicted octanol–water partition coefficient (Wildman–Crippen LogP) is 3.05. The van der Waals surface area contributed by atoms with E-state index < -0.39 is 10.0 Å². The zero-order chi connectivity index (χ0) is 20.0. The van der Waals surface area contributed by atoms with Crippen LogP contribution >= 0.6 is 11.3 Å². The maximum Gasteiger partial charge on any atom is 0.252 e. The minimum absolute atomic E-state index is 0.117. The first kappa shape index (κ1) is 20.8. The van der Waals surface area contributed by atoms with Crippen molar-refractivity contribution in [3.63, 3.8) is 0 Å². The molecule has 3 rings (SSSR count). The Morgan fingerprint density at radius 1 is 1.25 bits per heavy atom. The van der Waals surface area contributed by atoms with Crippen LogP contribution in [0.3, 0.4) is 0 Å². The lowest BCUT2D eigenvalue weighted by Crippen LogP contribution is -2.45. The second-order valence-corrected chi connectivity index (χ2v) is 9.88. The molecule has 0 unspecified atom stereocenters. The van der Waals surface area contributed by atoms with Gasteiger partial charge in [-0.15, -0.1) is 11.3 Å². The van der Waals surface area contributed by atoms with Crippen molar-refractivity contribution in [1.82, 2.24) is 9.62 Å². The van der Waals surface area contributed by atoms with Crippen molar-refractivity contribution in [2.75, 3.05) is 20.2 Å². The smallest absolute Gasteiger partial charge is 0.252 e. The molecule has 28 heavy (non-hydrogen) atoms. The Bertz CT molecular complexity index is 881. The first-order chi connectivity index (χ1) is 13.5. The Labute approximate surface area is 170 Å². The molecule has 0 spiro atoms. The number of methoxy groups -OCH3 is 1. The Kier molecular flexibility index (Phi) is 7.09. The number of para-hydroxylation sites is 1. The standard InChI is InChI=1S/C20H26N2O4S2/c1-26-18-9-3-2-7-16(18)11-12-21-19(23)15-17-8-4-5-13-22(17)28(24,25)20-10-6-14-27-20/h2-3,6-7,9-10,14,17H,4-5,8,11-13,15H2,1H3,(H,21,23)/t17-/m0/s1. The summed E-state index contributed by atoms with van der Waals surface area (Å²) < 4.78 is 33.0. The van der Waals surface area contributed by atoms with Crippen LogP contribution in [0.2, 0.25) is 0 Å². The van der Waals surface area contributed by atoms with Gasteiger partial charge in [-0.1, -0.05) is 30.7 Å². The number of nitrogens with one attached hydrogen (secondary N) is 1. The Balaban J connectivity index is 1.57. The van der Waals surface area contributed by atoms with Crippen LogP contribution in [0.1, 0.15) is 31.2 Å². The second-order valence-electron chi connectivity index (χ2n) is 6.81. The molecule has 152 valence electrons. The van der Waals surface area contributed by atoms with Gasteiger partial charge in [0.05, 0.1) is 7.11 Å². The topological polar surface area (TPSA) is 75.7 Å². The molecule has 1 aliphatic rings. The van der Waals surface area contributed by atoms with Gasteiger partial charge in [-0.25, -0.2) is 8.42 Å². The number of hydrogen-bond acceptors (Lipinski definition) is 5. The summed E-state index contributed by atoms with van der Waals surface area (Å²) in [4.78, 5) is 12.5. The number of sulfonamides is 1. The molecule has 1 amide bonds. The molecule has 0 aliphatic carbocycles. The molecular formula is C20H26N2O4S2. The highest BCUT2D eigenvalue weighted by Gasteiger charge is 2.35. The molecule has 1 saturated heterocycles. The van der Waals surface area contributed by atoms with Crippen molar-refractivity contribution in [3.05, 3.63) is 47.3 Å². The van der Waals surface area contributed by atoms with Crippen LogP contribution in [0.5, 0.6) is 5.75 Å². The van der Waals surface area contributed by atoms with E-state index in [0.717, 1.165) is 24.2 Å². The minimum atomic E-state index is -3.53. The molecule has 1 atom stereocenters. The maximum absolute atomic E-state index is 12.9. The Morgan fingerprint density at radius 3 is 2.82 bits per heavy atom. The molecule has 1 fully saturated rings. The zero-order valence-corrected chi connectivity index (χ0v) is 17.6. The normalized spacial score (nSPS) is 18.0. The summed E-state index contributed by atoms with van der Waals surface area (Å²) in [6, 6.07) is 10.8. The number of carbonyl (C=O) groups excluding carboxylic acids is 1. The van der Waals surface area contributed by atoms with Gasteiger partial charge >= 0.3 is 0 Å². The molecule has 1 aliphatic heterocycles. The molecule has 1 N–H and O–H groups in total. The van der Waals surface area contributed by atoms with Gasteiger partial charge < -0.3 is 10.1 Å². The summed E-state index contributed by atoms with van der Waals surface area (Å²) in [5.41, 5.74) is 1.03. The lowest BCUT2D eigenvalue weighted by molar-refractivity contribution is -0.122. The first-order valence-corrected chi connectivity index (χ1v) is 11.8. The van der Waals surface area contributed by atoms with Gasteiger partial charge in [-0.2, -0.15) is 4.31 Å². The summed E-state index contributed by atoms with van der Waals surface area (Å²) >= 11 is 1.22. The monoisotopic (exact) mass is 422 g/mol. The summed E-state index contributed by atoms with van der Waals surface area (Å²) in [7, 11) is -1.90. The van der Waals surface area contributed by atoms with Crippen LogP contribution in [0, 0.1) is 0 Å². The molecule has 0 saturated carbocycles. The van der Waals surface area contributed by atoms with E-state index in [4.69, 9.17) is 4.74 Å². The van der Waals surface area contributed by atoms with Gasteiger partial charge in [0.15, 0.2) is 0 Å². The third-order valence-electron chi connectivity index (χ3n) is 4.96. The molecular weight excluding hydrogens is 396 g/mol. The Hall–Kier alpha value is -1.90. The number of thiophene rings is 1. The lowest BCUT2D eigenvalue weighted by atomic mass is 10.0. The van der Waals surface area contributed by atoms with Crippen molar-refractivity contribution in [2.45, 2.75) is 42.4 Å². The summed E-state index contributed by atoms with van der Waals surface area (Å²) in [6.45, 7) is 0.961. The van der Waals surface area contributed by atoms with Gasteiger partial charge in [-0.3, -0.25) is 4.79 Å². The average molecular weight is 423 g/mol. The van der Waals surface area contributed by atoms with Crippen molar-refractivity contribution in [1.29, 1.82) is 0 Å². The van der Waals surface area contributed by atoms with E-state index in [-0.39, 0.29) is 18.4 Å². The van der Waals surface area contributed by atoms with Gasteiger partial charge in [0, 0.05) is 25.6 Å². The molecule has 2 heterocycles. The number of carbonyl (C=O) groups is 1. The highest BCUT2D eigenvalue weighted by atomic mass is 32.2. The number of amides is 1. The number of benzene rings is 1. The quantitative estimate of drug-likeness (QED) is 0.709. The van der Waals surface area contributed by atoms with Gasteiger partial charge in [0.25, 0.3) is 10.0 Å². The summed E-state index contributed by atoms with van der Waals surface area (Å²) in [5.74, 6) is 0.686. The van der Waals surface area contributed by atoms with E-state index in [2.05, 4.69) is 5.32 Å². The third-order valence-corrected chi connectivity index (χ3v) is 8.29. The van der Waals surface area contributed by atoms with E-state index in [1.807, 2.05) is 24.3 Å². The SMILES string of the molecule is COc1ccccc1CCNC(=O)C[C@@H]1CCCCN1S(=O)(=O)c1cccs1. The van der Waals surface area contributed by atoms with Crippen LogP contribution in [-0.4, -0.2) is 44.9 Å². The lowest BCUT2D eigenvalue weighted by Gasteiger charge is -2.34. The number of rotatable bonds is 8. The average Bonchev–Trinajstić information content (AvgIpc) is 3.24. The first-order valence-electron chi connectivity index (χ1n) is 9.46. The van der Waals surface area contributed by atoms with Crippen molar-refractivity contribution >= 4 is 27.3 Å². The van der Waals surface area contributed by atoms with Crippen LogP contribution in [-0.2, 0) is 21.2 Å². The largest absolute Gasteiger partial charge is 0.496 e. The predicted molar refractivity (Wildman–Crippen MR) is 110 cm³/mol. The molecule has 8 heteroatoms. The fourth-order valence-electron chi connectivity index (χ4n) is 3.55. The van der Waals surface area contributed by atoms with Crippen LogP contribution in [0.25, 0.3) is 0 Å². The Morgan fingerprint density at radius 2 is 2.07 bits per heavy atom. The number of ether oxygens (including phenoxy) is 1. The van der Waals surface area contributed by atoms with Gasteiger partial charge in [-0.05, 0) is 42.3 Å². The highest BCUT2D eigenvalue weighted by molar-refractivity contribution is 7.91. The molecule has 1 aromatic heterocycles. The van der Waals surface area contributed by atoms with Crippen LogP contribution in [0.4, 0.5) is 0 Å². The third kappa shape index (κ3) is 4.92. The highest BCUT2D eigenvalue weighted by Crippen LogP contribution is 2.29. The molecule has 1 aromatic carbocycles. The van der Waals surface area contributed by atoms with Crippen LogP contribution in [0.15, 0.2) is 46.0 Å². The zero-order valence-electron chi connectivity index (χ0n) is 16.0. The van der Waals surface area contributed by atoms with E-state index in [9.17, 15) is 13.2 Å². The van der Waals surface area contributed by atoms with Crippen LogP contribution < -0.4 is 10.1 Å². The maximum atomic E-state index is 12.9. The van der Waals surface area contributed by atoms with E-state index in [0.29, 0.717) is 30.1 Å². The van der Waals surface area contributed by atoms with Gasteiger partial charge in [0.2, 0.25) is 5.91 Å². The van der Waals surface area contributed by atoms with E-state index in [1.165, 1.54) is 15.6 Å². The fourth-order valence-corrected chi connectivity index (χ4v) is 6.36. The molecule has 0 bridgehead atoms. The van der Waals surface area contributed by atoms with E-state index in [1.54, 1.807) is 24.6 Å². The van der Waals surface area contributed by atoms with Gasteiger partial charge in [0.1, 0.15) is 9.96 Å².